The van der Waals surface area contributed by atoms with Crippen LogP contribution in [0.15, 0.2) is 35.2 Å². The summed E-state index contributed by atoms with van der Waals surface area (Å²) in [5.74, 6) is 1.16. The molecule has 2 aliphatic heterocycles. The number of rotatable bonds is 3. The Kier molecular flexibility index (Phi) is 4.40. The van der Waals surface area contributed by atoms with Crippen molar-refractivity contribution in [2.45, 2.75) is 30.0 Å². The molecule has 0 saturated carbocycles. The number of aromatic nitrogens is 1. The Labute approximate surface area is 167 Å². The monoisotopic (exact) mass is 396 g/mol. The number of hydrogen-bond donors (Lipinski definition) is 1. The molecule has 0 radical (unpaired) electrons. The van der Waals surface area contributed by atoms with E-state index in [1.54, 1.807) is 37.1 Å². The number of likely N-dealkylation sites (tertiary alicyclic amines) is 1. The third-order valence-electron chi connectivity index (χ3n) is 5.63. The number of ether oxygens (including phenoxy) is 1. The third-order valence-corrected chi connectivity index (χ3v) is 6.73. The average Bonchev–Trinajstić information content (AvgIpc) is 3.21. The summed E-state index contributed by atoms with van der Waals surface area (Å²) in [7, 11) is 1.56. The number of halogens is 1. The smallest absolute Gasteiger partial charge is 0.163 e. The topological polar surface area (TPSA) is 45.6 Å². The second-order valence-corrected chi connectivity index (χ2v) is 8.40. The quantitative estimate of drug-likeness (QED) is 0.678. The molecule has 2 aromatic carbocycles. The number of hydrogen-bond acceptors (Lipinski definition) is 5. The Morgan fingerprint density at radius 1 is 1.21 bits per heavy atom. The lowest BCUT2D eigenvalue weighted by Crippen LogP contribution is -2.19. The lowest BCUT2D eigenvalue weighted by molar-refractivity contribution is 0.319. The van der Waals surface area contributed by atoms with E-state index in [0.29, 0.717) is 12.3 Å². The van der Waals surface area contributed by atoms with Crippen molar-refractivity contribution < 1.29 is 14.2 Å². The summed E-state index contributed by atoms with van der Waals surface area (Å²) in [6, 6.07) is 8.80. The van der Waals surface area contributed by atoms with E-state index >= 15 is 0 Å². The van der Waals surface area contributed by atoms with Crippen LogP contribution < -0.4 is 4.74 Å². The van der Waals surface area contributed by atoms with E-state index in [2.05, 4.69) is 11.0 Å². The van der Waals surface area contributed by atoms with E-state index in [0.717, 1.165) is 57.0 Å². The molecule has 3 heterocycles. The number of phenols is 1. The lowest BCUT2D eigenvalue weighted by atomic mass is 9.99. The Bertz CT molecular complexity index is 1080. The normalized spacial score (nSPS) is 16.2. The van der Waals surface area contributed by atoms with Crippen LogP contribution in [-0.2, 0) is 12.3 Å². The van der Waals surface area contributed by atoms with Crippen LogP contribution in [0.5, 0.6) is 11.5 Å². The third kappa shape index (κ3) is 2.91. The second kappa shape index (κ2) is 6.94. The summed E-state index contributed by atoms with van der Waals surface area (Å²) in [5, 5.41) is 11.8. The average molecular weight is 396 g/mol. The number of benzene rings is 2. The van der Waals surface area contributed by atoms with Crippen LogP contribution in [0.25, 0.3) is 22.2 Å². The molecule has 6 heteroatoms. The van der Waals surface area contributed by atoms with Crippen LogP contribution >= 0.6 is 11.8 Å². The molecule has 0 atom stereocenters. The van der Waals surface area contributed by atoms with Gasteiger partial charge in [-0.05, 0) is 55.8 Å². The van der Waals surface area contributed by atoms with Crippen molar-refractivity contribution in [2.75, 3.05) is 20.2 Å². The first kappa shape index (κ1) is 17.8. The molecule has 1 fully saturated rings. The summed E-state index contributed by atoms with van der Waals surface area (Å²) < 4.78 is 19.1. The molecule has 1 N–H and O–H groups in total. The first-order valence-electron chi connectivity index (χ1n) is 9.51. The Morgan fingerprint density at radius 3 is 2.82 bits per heavy atom. The number of methoxy groups -OCH3 is 1. The lowest BCUT2D eigenvalue weighted by Gasteiger charge is -2.22. The predicted molar refractivity (Wildman–Crippen MR) is 109 cm³/mol. The molecule has 5 rings (SSSR count). The first-order valence-corrected chi connectivity index (χ1v) is 10.5. The second-order valence-electron chi connectivity index (χ2n) is 7.38. The summed E-state index contributed by atoms with van der Waals surface area (Å²) in [6.45, 7) is 2.78. The van der Waals surface area contributed by atoms with Crippen molar-refractivity contribution in [3.63, 3.8) is 0 Å². The maximum Gasteiger partial charge on any atom is 0.163 e. The van der Waals surface area contributed by atoms with Gasteiger partial charge in [-0.2, -0.15) is 0 Å². The van der Waals surface area contributed by atoms with E-state index in [4.69, 9.17) is 9.72 Å². The highest BCUT2D eigenvalue weighted by Gasteiger charge is 2.24. The Hall–Kier alpha value is -2.31. The molecule has 144 valence electrons. The molecule has 3 aromatic rings. The van der Waals surface area contributed by atoms with Gasteiger partial charge in [0.15, 0.2) is 11.5 Å². The number of pyridine rings is 1. The summed E-state index contributed by atoms with van der Waals surface area (Å²) >= 11 is 1.63. The van der Waals surface area contributed by atoms with Crippen molar-refractivity contribution in [3.8, 4) is 22.8 Å². The van der Waals surface area contributed by atoms with Crippen molar-refractivity contribution in [3.05, 3.63) is 47.3 Å². The minimum absolute atomic E-state index is 0.203. The van der Waals surface area contributed by atoms with Crippen LogP contribution in [0.2, 0.25) is 0 Å². The van der Waals surface area contributed by atoms with E-state index < -0.39 is 0 Å². The fourth-order valence-corrected chi connectivity index (χ4v) is 5.23. The Balaban J connectivity index is 1.70. The summed E-state index contributed by atoms with van der Waals surface area (Å²) in [5.41, 5.74) is 4.64. The molecule has 0 unspecified atom stereocenters. The maximum absolute atomic E-state index is 13.6. The fraction of sp³-hybridized carbons (Fsp3) is 0.318. The van der Waals surface area contributed by atoms with Gasteiger partial charge in [-0.1, -0.05) is 0 Å². The molecule has 0 aliphatic carbocycles. The standard InChI is InChI=1S/C22H21FN2O2S/c1-27-19-10-18-16(17(22(19)26)11-25-6-2-3-7-25)8-13-12-28-20-9-14(23)4-5-15(20)21(13)24-18/h4-5,8-10,26H,2-3,6-7,11-12H2,1H3. The molecule has 4 nitrogen and oxygen atoms in total. The van der Waals surface area contributed by atoms with Crippen molar-refractivity contribution >= 4 is 22.7 Å². The van der Waals surface area contributed by atoms with Crippen molar-refractivity contribution in [2.24, 2.45) is 0 Å². The zero-order chi connectivity index (χ0) is 19.3. The molecule has 1 saturated heterocycles. The highest BCUT2D eigenvalue weighted by molar-refractivity contribution is 7.98. The molecule has 0 bridgehead atoms. The molecule has 2 aliphatic rings. The largest absolute Gasteiger partial charge is 0.504 e. The molecule has 28 heavy (non-hydrogen) atoms. The van der Waals surface area contributed by atoms with Crippen LogP contribution in [0.4, 0.5) is 4.39 Å². The van der Waals surface area contributed by atoms with Crippen LogP contribution in [-0.4, -0.2) is 35.2 Å². The van der Waals surface area contributed by atoms with Crippen molar-refractivity contribution in [1.82, 2.24) is 9.88 Å². The molecular weight excluding hydrogens is 375 g/mol. The number of nitrogens with zero attached hydrogens (tertiary/aromatic N) is 2. The molecule has 1 aromatic heterocycles. The van der Waals surface area contributed by atoms with Gasteiger partial charge in [-0.3, -0.25) is 4.90 Å². The fourth-order valence-electron chi connectivity index (χ4n) is 4.18. The SMILES string of the molecule is COc1cc2nc3c(cc2c(CN2CCCC2)c1O)CSc1cc(F)ccc1-3. The Morgan fingerprint density at radius 2 is 2.04 bits per heavy atom. The van der Waals surface area contributed by atoms with Gasteiger partial charge in [0.2, 0.25) is 0 Å². The van der Waals surface area contributed by atoms with E-state index in [-0.39, 0.29) is 11.6 Å². The van der Waals surface area contributed by atoms with Gasteiger partial charge in [0, 0.05) is 39.8 Å². The maximum atomic E-state index is 13.6. The van der Waals surface area contributed by atoms with E-state index in [1.165, 1.54) is 18.9 Å². The minimum atomic E-state index is -0.227. The van der Waals surface area contributed by atoms with Gasteiger partial charge in [0.05, 0.1) is 18.3 Å². The summed E-state index contributed by atoms with van der Waals surface area (Å²) in [6.07, 6.45) is 2.39. The summed E-state index contributed by atoms with van der Waals surface area (Å²) in [4.78, 5) is 8.21. The van der Waals surface area contributed by atoms with Crippen LogP contribution in [0, 0.1) is 5.82 Å². The molecular formula is C22H21FN2O2S. The van der Waals surface area contributed by atoms with Gasteiger partial charge < -0.3 is 9.84 Å². The van der Waals surface area contributed by atoms with E-state index in [9.17, 15) is 9.50 Å². The zero-order valence-corrected chi connectivity index (χ0v) is 16.5. The number of phenolic OH excluding ortho intramolecular Hbond substituents is 1. The van der Waals surface area contributed by atoms with E-state index in [1.807, 2.05) is 0 Å². The molecule has 0 spiro atoms. The van der Waals surface area contributed by atoms with Crippen LogP contribution in [0.3, 0.4) is 0 Å². The highest BCUT2D eigenvalue weighted by Crippen LogP contribution is 2.44. The van der Waals surface area contributed by atoms with Gasteiger partial charge in [0.1, 0.15) is 5.82 Å². The highest BCUT2D eigenvalue weighted by atomic mass is 32.2. The number of aromatic hydroxyl groups is 1. The predicted octanol–water partition coefficient (Wildman–Crippen LogP) is 4.96. The first-order chi connectivity index (χ1) is 13.6. The van der Waals surface area contributed by atoms with Crippen molar-refractivity contribution in [1.29, 1.82) is 0 Å². The van der Waals surface area contributed by atoms with Gasteiger partial charge in [0.25, 0.3) is 0 Å². The minimum Gasteiger partial charge on any atom is -0.504 e. The number of thioether (sulfide) groups is 1. The van der Waals surface area contributed by atoms with Gasteiger partial charge in [-0.25, -0.2) is 9.37 Å². The number of fused-ring (bicyclic) bond motifs is 4. The van der Waals surface area contributed by atoms with Gasteiger partial charge >= 0.3 is 0 Å². The van der Waals surface area contributed by atoms with Crippen LogP contribution in [0.1, 0.15) is 24.0 Å². The zero-order valence-electron chi connectivity index (χ0n) is 15.7. The molecule has 0 amide bonds. The van der Waals surface area contributed by atoms with Gasteiger partial charge in [-0.15, -0.1) is 11.8 Å².